The minimum Gasteiger partial charge on any atom is -0.323 e. The van der Waals surface area contributed by atoms with Crippen LogP contribution in [0.15, 0.2) is 41.2 Å². The lowest BCUT2D eigenvalue weighted by Crippen LogP contribution is -2.37. The number of aryl methyl sites for hydroxylation is 2. The van der Waals surface area contributed by atoms with Gasteiger partial charge < -0.3 is 11.1 Å². The van der Waals surface area contributed by atoms with Gasteiger partial charge in [0.25, 0.3) is 0 Å². The Morgan fingerprint density at radius 2 is 2.21 bits per heavy atom. The van der Waals surface area contributed by atoms with Crippen LogP contribution >= 0.6 is 11.3 Å². The van der Waals surface area contributed by atoms with Gasteiger partial charge in [-0.3, -0.25) is 4.79 Å². The zero-order valence-electron chi connectivity index (χ0n) is 13.6. The van der Waals surface area contributed by atoms with E-state index in [0.717, 1.165) is 17.0 Å². The normalized spacial score (nSPS) is 12.1. The van der Waals surface area contributed by atoms with Gasteiger partial charge in [0.05, 0.1) is 23.6 Å². The molecular formula is C17H19N5OS. The van der Waals surface area contributed by atoms with E-state index in [1.165, 1.54) is 0 Å². The quantitative estimate of drug-likeness (QED) is 0.746. The molecule has 0 bridgehead atoms. The smallest absolute Gasteiger partial charge is 0.241 e. The van der Waals surface area contributed by atoms with Crippen molar-refractivity contribution in [3.05, 3.63) is 58.2 Å². The maximum absolute atomic E-state index is 12.2. The van der Waals surface area contributed by atoms with Crippen molar-refractivity contribution >= 4 is 22.9 Å². The number of amides is 1. The summed E-state index contributed by atoms with van der Waals surface area (Å²) >= 11 is 1.59. The van der Waals surface area contributed by atoms with Crippen LogP contribution in [0, 0.1) is 13.8 Å². The zero-order valence-corrected chi connectivity index (χ0v) is 14.4. The van der Waals surface area contributed by atoms with Crippen molar-refractivity contribution in [1.29, 1.82) is 0 Å². The van der Waals surface area contributed by atoms with Gasteiger partial charge >= 0.3 is 0 Å². The molecule has 0 radical (unpaired) electrons. The third-order valence-corrected chi connectivity index (χ3v) is 4.35. The number of hydrogen-bond acceptors (Lipinski definition) is 5. The molecule has 3 aromatic heterocycles. The van der Waals surface area contributed by atoms with Gasteiger partial charge in [-0.1, -0.05) is 0 Å². The largest absolute Gasteiger partial charge is 0.323 e. The predicted molar refractivity (Wildman–Crippen MR) is 95.5 cm³/mol. The first-order valence-corrected chi connectivity index (χ1v) is 8.54. The molecule has 0 saturated carbocycles. The average Bonchev–Trinajstić information content (AvgIpc) is 3.17. The zero-order chi connectivity index (χ0) is 17.1. The SMILES string of the molecule is Cc1cc(C)n(-c2ccc(NC(=O)C(N)Cc3ccsc3)cn2)n1. The second kappa shape index (κ2) is 6.94. The molecule has 3 rings (SSSR count). The molecule has 3 aromatic rings. The highest BCUT2D eigenvalue weighted by Crippen LogP contribution is 2.13. The summed E-state index contributed by atoms with van der Waals surface area (Å²) in [6, 6.07) is 6.99. The molecule has 6 nitrogen and oxygen atoms in total. The molecule has 0 spiro atoms. The Kier molecular flexibility index (Phi) is 4.73. The van der Waals surface area contributed by atoms with Crippen molar-refractivity contribution in [1.82, 2.24) is 14.8 Å². The van der Waals surface area contributed by atoms with Gasteiger partial charge in [-0.05, 0) is 60.9 Å². The van der Waals surface area contributed by atoms with Gasteiger partial charge in [-0.2, -0.15) is 16.4 Å². The number of aromatic nitrogens is 3. The Morgan fingerprint density at radius 1 is 1.38 bits per heavy atom. The third-order valence-electron chi connectivity index (χ3n) is 3.61. The molecular weight excluding hydrogens is 322 g/mol. The van der Waals surface area contributed by atoms with E-state index in [1.807, 2.05) is 42.8 Å². The molecule has 0 aliphatic carbocycles. The van der Waals surface area contributed by atoms with Crippen LogP contribution in [-0.4, -0.2) is 26.7 Å². The van der Waals surface area contributed by atoms with Gasteiger partial charge in [-0.25, -0.2) is 9.67 Å². The third kappa shape index (κ3) is 3.69. The van der Waals surface area contributed by atoms with Crippen LogP contribution in [0.4, 0.5) is 5.69 Å². The Labute approximate surface area is 144 Å². The van der Waals surface area contributed by atoms with Gasteiger partial charge in [-0.15, -0.1) is 0 Å². The molecule has 0 aromatic carbocycles. The summed E-state index contributed by atoms with van der Waals surface area (Å²) in [5, 5.41) is 11.2. The molecule has 1 atom stereocenters. The number of nitrogens with zero attached hydrogens (tertiary/aromatic N) is 3. The van der Waals surface area contributed by atoms with E-state index in [2.05, 4.69) is 15.4 Å². The fourth-order valence-electron chi connectivity index (χ4n) is 2.44. The molecule has 7 heteroatoms. The number of carbonyl (C=O) groups is 1. The molecule has 0 fully saturated rings. The number of pyridine rings is 1. The lowest BCUT2D eigenvalue weighted by atomic mass is 10.1. The molecule has 1 unspecified atom stereocenters. The molecule has 3 heterocycles. The van der Waals surface area contributed by atoms with Gasteiger partial charge in [0.2, 0.25) is 5.91 Å². The van der Waals surface area contributed by atoms with Gasteiger partial charge in [0.15, 0.2) is 5.82 Å². The Bertz CT molecular complexity index is 823. The Morgan fingerprint density at radius 3 is 2.79 bits per heavy atom. The van der Waals surface area contributed by atoms with Crippen LogP contribution in [0.5, 0.6) is 0 Å². The van der Waals surface area contributed by atoms with Gasteiger partial charge in [0.1, 0.15) is 0 Å². The Hall–Kier alpha value is -2.51. The molecule has 0 aliphatic heterocycles. The molecule has 124 valence electrons. The van der Waals surface area contributed by atoms with E-state index in [4.69, 9.17) is 5.73 Å². The number of carbonyl (C=O) groups excluding carboxylic acids is 1. The van der Waals surface area contributed by atoms with Crippen molar-refractivity contribution in [2.24, 2.45) is 5.73 Å². The van der Waals surface area contributed by atoms with Crippen molar-refractivity contribution in [3.63, 3.8) is 0 Å². The second-order valence-electron chi connectivity index (χ2n) is 5.68. The molecule has 0 aliphatic rings. The number of thiophene rings is 1. The molecule has 3 N–H and O–H groups in total. The van der Waals surface area contributed by atoms with Crippen LogP contribution in [0.3, 0.4) is 0 Å². The van der Waals surface area contributed by atoms with Crippen LogP contribution in [0.1, 0.15) is 17.0 Å². The van der Waals surface area contributed by atoms with E-state index < -0.39 is 6.04 Å². The monoisotopic (exact) mass is 341 g/mol. The first-order valence-electron chi connectivity index (χ1n) is 7.60. The number of nitrogens with one attached hydrogen (secondary N) is 1. The highest BCUT2D eigenvalue weighted by Gasteiger charge is 2.15. The maximum Gasteiger partial charge on any atom is 0.241 e. The highest BCUT2D eigenvalue weighted by atomic mass is 32.1. The van der Waals surface area contributed by atoms with E-state index in [0.29, 0.717) is 17.9 Å². The molecule has 1 amide bonds. The number of rotatable bonds is 5. The second-order valence-corrected chi connectivity index (χ2v) is 6.46. The molecule has 0 saturated heterocycles. The van der Waals surface area contributed by atoms with Crippen LogP contribution in [0.2, 0.25) is 0 Å². The summed E-state index contributed by atoms with van der Waals surface area (Å²) < 4.78 is 1.77. The first kappa shape index (κ1) is 16.4. The summed E-state index contributed by atoms with van der Waals surface area (Å²) in [6.07, 6.45) is 2.13. The van der Waals surface area contributed by atoms with Crippen molar-refractivity contribution < 1.29 is 4.79 Å². The summed E-state index contributed by atoms with van der Waals surface area (Å²) in [6.45, 7) is 3.91. The summed E-state index contributed by atoms with van der Waals surface area (Å²) in [5.74, 6) is 0.489. The number of hydrogen-bond donors (Lipinski definition) is 2. The Balaban J connectivity index is 1.65. The lowest BCUT2D eigenvalue weighted by Gasteiger charge is -2.12. The average molecular weight is 341 g/mol. The fraction of sp³-hybridized carbons (Fsp3) is 0.235. The number of nitrogens with two attached hydrogens (primary N) is 1. The number of anilines is 1. The topological polar surface area (TPSA) is 85.8 Å². The van der Waals surface area contributed by atoms with E-state index >= 15 is 0 Å². The molecule has 24 heavy (non-hydrogen) atoms. The lowest BCUT2D eigenvalue weighted by molar-refractivity contribution is -0.117. The van der Waals surface area contributed by atoms with Gasteiger partial charge in [0, 0.05) is 5.69 Å². The van der Waals surface area contributed by atoms with Crippen LogP contribution in [-0.2, 0) is 11.2 Å². The minimum absolute atomic E-state index is 0.220. The summed E-state index contributed by atoms with van der Waals surface area (Å²) in [5.41, 5.74) is 9.59. The van der Waals surface area contributed by atoms with E-state index in [9.17, 15) is 4.79 Å². The fourth-order valence-corrected chi connectivity index (χ4v) is 3.12. The summed E-state index contributed by atoms with van der Waals surface area (Å²) in [7, 11) is 0. The van der Waals surface area contributed by atoms with Crippen molar-refractivity contribution in [3.8, 4) is 5.82 Å². The van der Waals surface area contributed by atoms with Crippen molar-refractivity contribution in [2.45, 2.75) is 26.3 Å². The minimum atomic E-state index is -0.588. The maximum atomic E-state index is 12.2. The predicted octanol–water partition coefficient (Wildman–Crippen LogP) is 2.45. The van der Waals surface area contributed by atoms with Crippen molar-refractivity contribution in [2.75, 3.05) is 5.32 Å². The first-order chi connectivity index (χ1) is 11.5. The highest BCUT2D eigenvalue weighted by molar-refractivity contribution is 7.07. The standard InChI is InChI=1S/C17H19N5OS/c1-11-7-12(2)22(21-11)16-4-3-14(9-19-16)20-17(23)15(18)8-13-5-6-24-10-13/h3-7,9-10,15H,8,18H2,1-2H3,(H,20,23). The van der Waals surface area contributed by atoms with Crippen LogP contribution in [0.25, 0.3) is 5.82 Å². The summed E-state index contributed by atoms with van der Waals surface area (Å²) in [4.78, 5) is 16.5. The van der Waals surface area contributed by atoms with E-state index in [-0.39, 0.29) is 5.91 Å². The van der Waals surface area contributed by atoms with E-state index in [1.54, 1.807) is 28.3 Å². The van der Waals surface area contributed by atoms with Crippen LogP contribution < -0.4 is 11.1 Å².